The van der Waals surface area contributed by atoms with Gasteiger partial charge in [-0.2, -0.15) is 0 Å². The van der Waals surface area contributed by atoms with Crippen molar-refractivity contribution >= 4 is 11.9 Å². The highest BCUT2D eigenvalue weighted by atomic mass is 16.5. The second-order valence-electron chi connectivity index (χ2n) is 21.0. The Morgan fingerprint density at radius 1 is 0.406 bits per heavy atom. The fourth-order valence-corrected chi connectivity index (χ4v) is 9.45. The van der Waals surface area contributed by atoms with Gasteiger partial charge in [-0.25, -0.2) is 0 Å². The Morgan fingerprint density at radius 3 is 1.13 bits per heavy atom. The topological polar surface area (TPSA) is 95.9 Å². The van der Waals surface area contributed by atoms with Crippen LogP contribution in [0, 0.1) is 0 Å². The van der Waals surface area contributed by atoms with Gasteiger partial charge >= 0.3 is 5.97 Å². The van der Waals surface area contributed by atoms with Gasteiger partial charge in [-0.15, -0.1) is 0 Å². The molecule has 1 amide bonds. The summed E-state index contributed by atoms with van der Waals surface area (Å²) in [4.78, 5) is 24.5. The Kier molecular flexibility index (Phi) is 57.0. The molecular weight excluding hydrogens is 851 g/mol. The number of carbonyl (C=O) groups excluding carboxylic acids is 2. The molecule has 0 rings (SSSR count). The molecule has 0 saturated carbocycles. The van der Waals surface area contributed by atoms with E-state index in [4.69, 9.17) is 4.74 Å². The maximum absolute atomic E-state index is 12.4. The van der Waals surface area contributed by atoms with E-state index in [9.17, 15) is 19.8 Å². The molecule has 69 heavy (non-hydrogen) atoms. The van der Waals surface area contributed by atoms with Crippen LogP contribution in [0.4, 0.5) is 0 Å². The lowest BCUT2D eigenvalue weighted by Gasteiger charge is -2.19. The molecule has 2 atom stereocenters. The lowest BCUT2D eigenvalue weighted by atomic mass is 10.0. The Balaban J connectivity index is 3.54. The van der Waals surface area contributed by atoms with E-state index in [1.54, 1.807) is 6.08 Å². The van der Waals surface area contributed by atoms with Gasteiger partial charge in [0.2, 0.25) is 5.91 Å². The summed E-state index contributed by atoms with van der Waals surface area (Å²) in [6, 6.07) is -0.673. The summed E-state index contributed by atoms with van der Waals surface area (Å²) >= 11 is 0. The zero-order chi connectivity index (χ0) is 50.0. The van der Waals surface area contributed by atoms with Gasteiger partial charge in [-0.1, -0.05) is 301 Å². The van der Waals surface area contributed by atoms with Crippen LogP contribution in [0.25, 0.3) is 0 Å². The van der Waals surface area contributed by atoms with Crippen molar-refractivity contribution < 1.29 is 24.5 Å². The summed E-state index contributed by atoms with van der Waals surface area (Å²) < 4.78 is 5.48. The number of aliphatic hydroxyl groups excluding tert-OH is 2. The third-order valence-corrected chi connectivity index (χ3v) is 14.2. The molecule has 0 aromatic heterocycles. The molecule has 0 aliphatic rings. The lowest BCUT2D eigenvalue weighted by molar-refractivity contribution is -0.143. The van der Waals surface area contributed by atoms with E-state index in [2.05, 4.69) is 37.4 Å². The molecular formula is C63H119NO5. The van der Waals surface area contributed by atoms with E-state index in [1.807, 2.05) is 12.2 Å². The minimum atomic E-state index is -0.880. The highest BCUT2D eigenvalue weighted by Crippen LogP contribution is 2.17. The first kappa shape index (κ1) is 67.1. The maximum Gasteiger partial charge on any atom is 0.305 e. The molecule has 0 saturated heterocycles. The predicted octanol–water partition coefficient (Wildman–Crippen LogP) is 19.2. The molecule has 6 heteroatoms. The minimum absolute atomic E-state index is 0.0137. The van der Waals surface area contributed by atoms with Crippen LogP contribution in [-0.2, 0) is 14.3 Å². The number of nitrogens with one attached hydrogen (secondary N) is 1. The van der Waals surface area contributed by atoms with Crippen molar-refractivity contribution in [1.29, 1.82) is 0 Å². The molecule has 0 fully saturated rings. The summed E-state index contributed by atoms with van der Waals surface area (Å²) in [5.41, 5.74) is 0. The SMILES string of the molecule is CCCCCCCCCCCCCCCCCCCCC/C=C/C(O)C(CO)NC(=O)CC/C=C\C/C=C\CCCCCCCCOC(=O)CCCCCCCCCCCCCCCCCCCC. The molecule has 0 aliphatic heterocycles. The van der Waals surface area contributed by atoms with Crippen molar-refractivity contribution in [2.24, 2.45) is 0 Å². The van der Waals surface area contributed by atoms with Gasteiger partial charge in [0, 0.05) is 12.8 Å². The van der Waals surface area contributed by atoms with Gasteiger partial charge in [0.25, 0.3) is 0 Å². The van der Waals surface area contributed by atoms with Crippen molar-refractivity contribution in [3.8, 4) is 0 Å². The Labute approximate surface area is 430 Å². The highest BCUT2D eigenvalue weighted by molar-refractivity contribution is 5.76. The first-order valence-corrected chi connectivity index (χ1v) is 30.8. The van der Waals surface area contributed by atoms with E-state index < -0.39 is 12.1 Å². The van der Waals surface area contributed by atoms with Crippen LogP contribution in [0.2, 0.25) is 0 Å². The zero-order valence-corrected chi connectivity index (χ0v) is 46.3. The maximum atomic E-state index is 12.4. The normalized spacial score (nSPS) is 12.8. The van der Waals surface area contributed by atoms with Gasteiger partial charge in [-0.05, 0) is 51.4 Å². The molecule has 0 aromatic carbocycles. The van der Waals surface area contributed by atoms with E-state index in [1.165, 1.54) is 244 Å². The summed E-state index contributed by atoms with van der Waals surface area (Å²) in [6.07, 6.45) is 73.3. The number of hydrogen-bond acceptors (Lipinski definition) is 5. The number of allylic oxidation sites excluding steroid dienone is 5. The quantitative estimate of drug-likeness (QED) is 0.0321. The number of rotatable bonds is 57. The molecule has 406 valence electrons. The second kappa shape index (κ2) is 58.6. The largest absolute Gasteiger partial charge is 0.466 e. The van der Waals surface area contributed by atoms with Crippen LogP contribution < -0.4 is 5.32 Å². The molecule has 0 heterocycles. The van der Waals surface area contributed by atoms with Crippen LogP contribution in [0.3, 0.4) is 0 Å². The third-order valence-electron chi connectivity index (χ3n) is 14.2. The average Bonchev–Trinajstić information content (AvgIpc) is 3.35. The monoisotopic (exact) mass is 970 g/mol. The van der Waals surface area contributed by atoms with E-state index in [0.717, 1.165) is 51.4 Å². The molecule has 0 aromatic rings. The summed E-state index contributed by atoms with van der Waals surface area (Å²) in [7, 11) is 0. The van der Waals surface area contributed by atoms with Crippen molar-refractivity contribution in [3.05, 3.63) is 36.5 Å². The summed E-state index contributed by atoms with van der Waals surface area (Å²) in [5, 5.41) is 23.1. The summed E-state index contributed by atoms with van der Waals surface area (Å²) in [6.45, 7) is 4.87. The molecule has 2 unspecified atom stereocenters. The predicted molar refractivity (Wildman–Crippen MR) is 301 cm³/mol. The number of unbranched alkanes of at least 4 members (excludes halogenated alkanes) is 42. The first-order valence-electron chi connectivity index (χ1n) is 30.8. The van der Waals surface area contributed by atoms with Crippen LogP contribution in [0.1, 0.15) is 328 Å². The summed E-state index contributed by atoms with van der Waals surface area (Å²) in [5.74, 6) is -0.160. The van der Waals surface area contributed by atoms with Crippen LogP contribution in [0.5, 0.6) is 0 Å². The fraction of sp³-hybridized carbons (Fsp3) is 0.873. The van der Waals surface area contributed by atoms with Gasteiger partial charge < -0.3 is 20.3 Å². The van der Waals surface area contributed by atoms with E-state index >= 15 is 0 Å². The fourth-order valence-electron chi connectivity index (χ4n) is 9.45. The third kappa shape index (κ3) is 55.2. The number of ether oxygens (including phenoxy) is 1. The molecule has 0 radical (unpaired) electrons. The molecule has 3 N–H and O–H groups in total. The molecule has 0 spiro atoms. The van der Waals surface area contributed by atoms with Crippen molar-refractivity contribution in [3.63, 3.8) is 0 Å². The lowest BCUT2D eigenvalue weighted by Crippen LogP contribution is -2.45. The van der Waals surface area contributed by atoms with Crippen molar-refractivity contribution in [1.82, 2.24) is 5.32 Å². The molecule has 0 bridgehead atoms. The van der Waals surface area contributed by atoms with Crippen molar-refractivity contribution in [2.45, 2.75) is 341 Å². The van der Waals surface area contributed by atoms with Crippen LogP contribution in [-0.4, -0.2) is 47.4 Å². The van der Waals surface area contributed by atoms with Crippen LogP contribution >= 0.6 is 0 Å². The van der Waals surface area contributed by atoms with Crippen LogP contribution in [0.15, 0.2) is 36.5 Å². The second-order valence-corrected chi connectivity index (χ2v) is 21.0. The number of esters is 1. The Morgan fingerprint density at radius 2 is 0.739 bits per heavy atom. The number of carbonyl (C=O) groups is 2. The van der Waals surface area contributed by atoms with Gasteiger partial charge in [0.05, 0.1) is 25.4 Å². The molecule has 0 aliphatic carbocycles. The van der Waals surface area contributed by atoms with Gasteiger partial charge in [-0.3, -0.25) is 9.59 Å². The number of aliphatic hydroxyl groups is 2. The minimum Gasteiger partial charge on any atom is -0.466 e. The average molecular weight is 971 g/mol. The highest BCUT2D eigenvalue weighted by Gasteiger charge is 2.17. The van der Waals surface area contributed by atoms with Gasteiger partial charge in [0.15, 0.2) is 0 Å². The molecule has 6 nitrogen and oxygen atoms in total. The van der Waals surface area contributed by atoms with Gasteiger partial charge in [0.1, 0.15) is 0 Å². The first-order chi connectivity index (χ1) is 34.0. The smallest absolute Gasteiger partial charge is 0.305 e. The van der Waals surface area contributed by atoms with E-state index in [-0.39, 0.29) is 18.5 Å². The number of amides is 1. The number of hydrogen-bond donors (Lipinski definition) is 3. The Hall–Kier alpha value is -1.92. The standard InChI is InChI=1S/C63H119NO5/c1-3-5-7-9-11-13-15-17-19-21-23-24-25-26-28-31-35-39-43-47-51-55-61(66)60(59-65)64-62(67)56-52-48-44-40-36-32-30-34-38-42-46-50-54-58-69-63(68)57-53-49-45-41-37-33-29-27-22-20-18-16-14-12-10-8-6-4-2/h32,36,44,48,51,55,60-61,65-66H,3-31,33-35,37-43,45-47,49-50,52-54,56-59H2,1-2H3,(H,64,67)/b36-32-,48-44-,55-51+. The van der Waals surface area contributed by atoms with E-state index in [0.29, 0.717) is 25.9 Å². The van der Waals surface area contributed by atoms with Crippen molar-refractivity contribution in [2.75, 3.05) is 13.2 Å². The zero-order valence-electron chi connectivity index (χ0n) is 46.3. The Bertz CT molecular complexity index is 1120.